The van der Waals surface area contributed by atoms with Gasteiger partial charge in [-0.15, -0.1) is 0 Å². The van der Waals surface area contributed by atoms with Gasteiger partial charge >= 0.3 is 0 Å². The summed E-state index contributed by atoms with van der Waals surface area (Å²) >= 11 is 0. The topological polar surface area (TPSA) is 47.3 Å². The van der Waals surface area contributed by atoms with Crippen molar-refractivity contribution in [2.45, 2.75) is 90.3 Å². The van der Waals surface area contributed by atoms with Gasteiger partial charge in [-0.2, -0.15) is 0 Å². The van der Waals surface area contributed by atoms with Gasteiger partial charge in [-0.05, 0) is 32.1 Å². The quantitative estimate of drug-likeness (QED) is 0.604. The van der Waals surface area contributed by atoms with E-state index in [1.807, 2.05) is 0 Å². The Morgan fingerprint density at radius 3 is 2.55 bits per heavy atom. The second-order valence-electron chi connectivity index (χ2n) is 6.31. The number of unbranched alkanes of at least 4 members (excludes halogenated alkanes) is 3. The molecule has 3 heteroatoms. The molecule has 20 heavy (non-hydrogen) atoms. The Hall–Kier alpha value is -0.120. The molecule has 0 aromatic heterocycles. The molecule has 0 aliphatic carbocycles. The van der Waals surface area contributed by atoms with Crippen LogP contribution in [0.15, 0.2) is 0 Å². The first kappa shape index (κ1) is 17.9. The van der Waals surface area contributed by atoms with Crippen LogP contribution in [-0.4, -0.2) is 31.3 Å². The molecule has 4 unspecified atom stereocenters. The molecule has 0 aromatic rings. The fourth-order valence-corrected chi connectivity index (χ4v) is 3.44. The molecular formula is C17H36N2O. The highest BCUT2D eigenvalue weighted by molar-refractivity contribution is 4.91. The monoisotopic (exact) mass is 284 g/mol. The van der Waals surface area contributed by atoms with Crippen LogP contribution >= 0.6 is 0 Å². The lowest BCUT2D eigenvalue weighted by atomic mass is 9.83. The molecule has 0 radical (unpaired) electrons. The Kier molecular flexibility index (Phi) is 9.49. The highest BCUT2D eigenvalue weighted by atomic mass is 16.5. The Morgan fingerprint density at radius 2 is 1.90 bits per heavy atom. The molecule has 0 bridgehead atoms. The number of nitrogens with one attached hydrogen (secondary N) is 1. The minimum absolute atomic E-state index is 0.161. The third-order valence-electron chi connectivity index (χ3n) is 4.62. The minimum atomic E-state index is 0.161. The summed E-state index contributed by atoms with van der Waals surface area (Å²) < 4.78 is 5.83. The molecule has 3 nitrogen and oxygen atoms in total. The zero-order valence-corrected chi connectivity index (χ0v) is 13.9. The molecule has 0 saturated carbocycles. The highest BCUT2D eigenvalue weighted by Gasteiger charge is 2.32. The van der Waals surface area contributed by atoms with E-state index < -0.39 is 0 Å². The molecule has 1 rings (SSSR count). The summed E-state index contributed by atoms with van der Waals surface area (Å²) in [6.45, 7) is 8.33. The summed E-state index contributed by atoms with van der Waals surface area (Å²) in [4.78, 5) is 0. The lowest BCUT2D eigenvalue weighted by Crippen LogP contribution is -2.56. The van der Waals surface area contributed by atoms with Crippen LogP contribution in [-0.2, 0) is 4.74 Å². The van der Waals surface area contributed by atoms with Crippen molar-refractivity contribution < 1.29 is 4.74 Å². The molecule has 1 aliphatic heterocycles. The van der Waals surface area contributed by atoms with E-state index in [2.05, 4.69) is 26.1 Å². The number of nitrogens with two attached hydrogens (primary N) is 1. The first-order valence-corrected chi connectivity index (χ1v) is 8.83. The molecule has 0 spiro atoms. The molecule has 1 fully saturated rings. The second-order valence-corrected chi connectivity index (χ2v) is 6.31. The lowest BCUT2D eigenvalue weighted by molar-refractivity contribution is 0.00753. The maximum Gasteiger partial charge on any atom is 0.0753 e. The second kappa shape index (κ2) is 10.6. The molecule has 1 aliphatic rings. The third-order valence-corrected chi connectivity index (χ3v) is 4.62. The van der Waals surface area contributed by atoms with Crippen molar-refractivity contribution in [1.29, 1.82) is 0 Å². The molecule has 1 saturated heterocycles. The van der Waals surface area contributed by atoms with E-state index in [0.29, 0.717) is 6.04 Å². The van der Waals surface area contributed by atoms with Gasteiger partial charge in [-0.3, -0.25) is 0 Å². The van der Waals surface area contributed by atoms with Gasteiger partial charge in [-0.25, -0.2) is 0 Å². The fraction of sp³-hybridized carbons (Fsp3) is 1.00. The van der Waals surface area contributed by atoms with Crippen molar-refractivity contribution in [2.75, 3.05) is 13.2 Å². The molecule has 0 aromatic carbocycles. The predicted octanol–water partition coefficient (Wildman–Crippen LogP) is 3.47. The van der Waals surface area contributed by atoms with E-state index in [1.165, 1.54) is 44.9 Å². The van der Waals surface area contributed by atoms with E-state index >= 15 is 0 Å². The van der Waals surface area contributed by atoms with E-state index in [4.69, 9.17) is 10.5 Å². The SMILES string of the molecule is CCCCCCC(CCC)C1CC(OCC)C(N)CN1. The van der Waals surface area contributed by atoms with Crippen LogP contribution in [0.3, 0.4) is 0 Å². The molecule has 1 heterocycles. The summed E-state index contributed by atoms with van der Waals surface area (Å²) in [6.07, 6.45) is 10.8. The van der Waals surface area contributed by atoms with Crippen molar-refractivity contribution in [3.63, 3.8) is 0 Å². The number of hydrogen-bond donors (Lipinski definition) is 2. The van der Waals surface area contributed by atoms with E-state index in [1.54, 1.807) is 0 Å². The standard InChI is InChI=1S/C17H36N2O/c1-4-7-8-9-11-14(10-5-2)16-12-17(20-6-3)15(18)13-19-16/h14-17,19H,4-13,18H2,1-3H3. The molecule has 0 amide bonds. The van der Waals surface area contributed by atoms with E-state index in [9.17, 15) is 0 Å². The summed E-state index contributed by atoms with van der Waals surface area (Å²) in [7, 11) is 0. The van der Waals surface area contributed by atoms with E-state index in [0.717, 1.165) is 25.5 Å². The normalized spacial score (nSPS) is 28.5. The maximum absolute atomic E-state index is 6.15. The Labute approximate surface area is 126 Å². The van der Waals surface area contributed by atoms with Gasteiger partial charge < -0.3 is 15.8 Å². The lowest BCUT2D eigenvalue weighted by Gasteiger charge is -2.39. The van der Waals surface area contributed by atoms with Crippen LogP contribution in [0.2, 0.25) is 0 Å². The Bertz CT molecular complexity index is 235. The van der Waals surface area contributed by atoms with Crippen molar-refractivity contribution >= 4 is 0 Å². The zero-order chi connectivity index (χ0) is 14.8. The van der Waals surface area contributed by atoms with Crippen molar-refractivity contribution in [2.24, 2.45) is 11.7 Å². The van der Waals surface area contributed by atoms with Crippen LogP contribution in [0.4, 0.5) is 0 Å². The first-order chi connectivity index (χ1) is 9.72. The van der Waals surface area contributed by atoms with Gasteiger partial charge in [0.05, 0.1) is 6.10 Å². The Morgan fingerprint density at radius 1 is 1.10 bits per heavy atom. The predicted molar refractivity (Wildman–Crippen MR) is 87.0 cm³/mol. The smallest absolute Gasteiger partial charge is 0.0753 e. The summed E-state index contributed by atoms with van der Waals surface area (Å²) in [5.74, 6) is 0.798. The number of piperidine rings is 1. The summed E-state index contributed by atoms with van der Waals surface area (Å²) in [5.41, 5.74) is 6.15. The van der Waals surface area contributed by atoms with Crippen LogP contribution < -0.4 is 11.1 Å². The Balaban J connectivity index is 2.44. The van der Waals surface area contributed by atoms with Crippen LogP contribution in [0.5, 0.6) is 0 Å². The molecule has 4 atom stereocenters. The number of rotatable bonds is 10. The largest absolute Gasteiger partial charge is 0.377 e. The minimum Gasteiger partial charge on any atom is -0.377 e. The fourth-order valence-electron chi connectivity index (χ4n) is 3.44. The van der Waals surface area contributed by atoms with Crippen molar-refractivity contribution in [3.05, 3.63) is 0 Å². The van der Waals surface area contributed by atoms with Gasteiger partial charge in [-0.1, -0.05) is 46.0 Å². The maximum atomic E-state index is 6.15. The van der Waals surface area contributed by atoms with E-state index in [-0.39, 0.29) is 12.1 Å². The summed E-state index contributed by atoms with van der Waals surface area (Å²) in [5, 5.41) is 3.68. The van der Waals surface area contributed by atoms with Gasteiger partial charge in [0.2, 0.25) is 0 Å². The van der Waals surface area contributed by atoms with Crippen molar-refractivity contribution in [3.8, 4) is 0 Å². The van der Waals surface area contributed by atoms with Gasteiger partial charge in [0.1, 0.15) is 0 Å². The highest BCUT2D eigenvalue weighted by Crippen LogP contribution is 2.26. The first-order valence-electron chi connectivity index (χ1n) is 8.83. The third kappa shape index (κ3) is 6.11. The van der Waals surface area contributed by atoms with Crippen molar-refractivity contribution in [1.82, 2.24) is 5.32 Å². The summed E-state index contributed by atoms with van der Waals surface area (Å²) in [6, 6.07) is 0.765. The van der Waals surface area contributed by atoms with Crippen LogP contribution in [0.25, 0.3) is 0 Å². The molecule has 3 N–H and O–H groups in total. The molecule has 120 valence electrons. The van der Waals surface area contributed by atoms with Gasteiger partial charge in [0.15, 0.2) is 0 Å². The number of ether oxygens (including phenoxy) is 1. The number of hydrogen-bond acceptors (Lipinski definition) is 3. The average molecular weight is 284 g/mol. The van der Waals surface area contributed by atoms with Gasteiger partial charge in [0, 0.05) is 25.2 Å². The van der Waals surface area contributed by atoms with Gasteiger partial charge in [0.25, 0.3) is 0 Å². The molecular weight excluding hydrogens is 248 g/mol. The van der Waals surface area contributed by atoms with Crippen LogP contribution in [0, 0.1) is 5.92 Å². The average Bonchev–Trinajstić information content (AvgIpc) is 2.45. The van der Waals surface area contributed by atoms with Crippen LogP contribution in [0.1, 0.15) is 72.1 Å². The zero-order valence-electron chi connectivity index (χ0n) is 13.9.